The van der Waals surface area contributed by atoms with E-state index in [1.807, 2.05) is 6.07 Å². The predicted molar refractivity (Wildman–Crippen MR) is 113 cm³/mol. The molecule has 2 heterocycles. The maximum absolute atomic E-state index is 5.57. The van der Waals surface area contributed by atoms with Crippen LogP contribution in [0.3, 0.4) is 0 Å². The van der Waals surface area contributed by atoms with Crippen LogP contribution in [0, 0.1) is 0 Å². The van der Waals surface area contributed by atoms with Crippen LogP contribution in [0.4, 0.5) is 0 Å². The third-order valence-corrected chi connectivity index (χ3v) is 5.29. The van der Waals surface area contributed by atoms with Crippen LogP contribution >= 0.6 is 24.0 Å². The molecule has 0 atom stereocenters. The Morgan fingerprint density at radius 3 is 2.65 bits per heavy atom. The summed E-state index contributed by atoms with van der Waals surface area (Å²) in [5, 5.41) is 10.9. The number of hydrogen-bond donors (Lipinski definition) is 2. The Morgan fingerprint density at radius 1 is 1.23 bits per heavy atom. The molecule has 148 valence electrons. The Morgan fingerprint density at radius 2 is 2.00 bits per heavy atom. The number of morpholine rings is 1. The Labute approximate surface area is 173 Å². The number of rotatable bonds is 6. The number of nitrogens with one attached hydrogen (secondary N) is 2. The Balaban J connectivity index is 0.00000243. The van der Waals surface area contributed by atoms with Gasteiger partial charge in [0.05, 0.1) is 19.8 Å². The van der Waals surface area contributed by atoms with E-state index in [2.05, 4.69) is 32.6 Å². The molecular formula is C18H32IN5O2. The van der Waals surface area contributed by atoms with Gasteiger partial charge in [-0.2, -0.15) is 0 Å². The minimum absolute atomic E-state index is 0. The van der Waals surface area contributed by atoms with Crippen LogP contribution in [-0.2, 0) is 11.3 Å². The van der Waals surface area contributed by atoms with Crippen LogP contribution in [-0.4, -0.2) is 60.9 Å². The quantitative estimate of drug-likeness (QED) is 0.373. The molecular weight excluding hydrogens is 445 g/mol. The van der Waals surface area contributed by atoms with Crippen molar-refractivity contribution in [2.75, 3.05) is 39.4 Å². The van der Waals surface area contributed by atoms with Crippen molar-refractivity contribution in [2.45, 2.75) is 51.1 Å². The summed E-state index contributed by atoms with van der Waals surface area (Å²) in [5.74, 6) is 0.851. The summed E-state index contributed by atoms with van der Waals surface area (Å²) in [4.78, 5) is 7.29. The van der Waals surface area contributed by atoms with Gasteiger partial charge in [-0.25, -0.2) is 4.99 Å². The molecule has 0 radical (unpaired) electrons. The maximum atomic E-state index is 5.57. The van der Waals surface area contributed by atoms with Crippen LogP contribution in [0.5, 0.6) is 0 Å². The lowest BCUT2D eigenvalue weighted by Crippen LogP contribution is -2.60. The van der Waals surface area contributed by atoms with Crippen molar-refractivity contribution in [3.05, 3.63) is 18.0 Å². The monoisotopic (exact) mass is 477 g/mol. The summed E-state index contributed by atoms with van der Waals surface area (Å²) in [6, 6.07) is 1.85. The van der Waals surface area contributed by atoms with Gasteiger partial charge < -0.3 is 19.9 Å². The van der Waals surface area contributed by atoms with Gasteiger partial charge in [0.1, 0.15) is 12.0 Å². The molecule has 1 aromatic rings. The number of halogens is 1. The van der Waals surface area contributed by atoms with Gasteiger partial charge in [-0.15, -0.1) is 24.0 Å². The summed E-state index contributed by atoms with van der Waals surface area (Å²) in [6.45, 7) is 8.15. The van der Waals surface area contributed by atoms with E-state index in [-0.39, 0.29) is 29.5 Å². The average molecular weight is 477 g/mol. The van der Waals surface area contributed by atoms with Gasteiger partial charge in [0, 0.05) is 37.8 Å². The van der Waals surface area contributed by atoms with E-state index >= 15 is 0 Å². The molecule has 3 rings (SSSR count). The third-order valence-electron chi connectivity index (χ3n) is 5.29. The third kappa shape index (κ3) is 5.82. The number of aromatic nitrogens is 1. The number of ether oxygens (including phenoxy) is 1. The first-order chi connectivity index (χ1) is 12.3. The van der Waals surface area contributed by atoms with Gasteiger partial charge in [0.15, 0.2) is 5.96 Å². The first-order valence-electron chi connectivity index (χ1n) is 9.57. The second-order valence-corrected chi connectivity index (χ2v) is 6.92. The summed E-state index contributed by atoms with van der Waals surface area (Å²) in [6.07, 6.45) is 8.07. The fourth-order valence-corrected chi connectivity index (χ4v) is 3.92. The molecule has 1 aliphatic carbocycles. The maximum Gasteiger partial charge on any atom is 0.191 e. The van der Waals surface area contributed by atoms with Gasteiger partial charge in [-0.1, -0.05) is 24.4 Å². The van der Waals surface area contributed by atoms with Crippen LogP contribution in [0.1, 0.15) is 44.7 Å². The standard InChI is InChI=1S/C18H31N5O2.HI/c1-2-19-17(20-14-16-6-11-25-22-16)21-15-18(7-4-3-5-8-18)23-9-12-24-13-10-23;/h6,11H,2-5,7-10,12-15H2,1H3,(H2,19,20,21);1H. The number of hydrogen-bond acceptors (Lipinski definition) is 5. The topological polar surface area (TPSA) is 74.9 Å². The first-order valence-corrected chi connectivity index (χ1v) is 9.57. The summed E-state index contributed by atoms with van der Waals surface area (Å²) >= 11 is 0. The molecule has 0 unspecified atom stereocenters. The molecule has 0 aromatic carbocycles. The highest BCUT2D eigenvalue weighted by Crippen LogP contribution is 2.33. The summed E-state index contributed by atoms with van der Waals surface area (Å²) in [7, 11) is 0. The van der Waals surface area contributed by atoms with Gasteiger partial charge in [-0.3, -0.25) is 4.90 Å². The van der Waals surface area contributed by atoms with Crippen LogP contribution < -0.4 is 10.6 Å². The Bertz CT molecular complexity index is 526. The molecule has 7 nitrogen and oxygen atoms in total. The van der Waals surface area contributed by atoms with E-state index < -0.39 is 0 Å². The molecule has 2 fully saturated rings. The highest BCUT2D eigenvalue weighted by Gasteiger charge is 2.38. The minimum atomic E-state index is 0. The largest absolute Gasteiger partial charge is 0.379 e. The van der Waals surface area contributed by atoms with Gasteiger partial charge in [0.25, 0.3) is 0 Å². The number of guanidine groups is 1. The Hall–Kier alpha value is -0.870. The van der Waals surface area contributed by atoms with E-state index in [0.29, 0.717) is 6.54 Å². The summed E-state index contributed by atoms with van der Waals surface area (Å²) in [5.41, 5.74) is 1.07. The zero-order valence-electron chi connectivity index (χ0n) is 15.7. The smallest absolute Gasteiger partial charge is 0.191 e. The van der Waals surface area contributed by atoms with Crippen molar-refractivity contribution < 1.29 is 9.26 Å². The summed E-state index contributed by atoms with van der Waals surface area (Å²) < 4.78 is 10.4. The lowest BCUT2D eigenvalue weighted by molar-refractivity contribution is -0.0352. The molecule has 1 aliphatic heterocycles. The first kappa shape index (κ1) is 21.4. The molecule has 0 spiro atoms. The fraction of sp³-hybridized carbons (Fsp3) is 0.778. The van der Waals surface area contributed by atoms with Gasteiger partial charge >= 0.3 is 0 Å². The number of aliphatic imine (C=N–C) groups is 1. The zero-order chi connectivity index (χ0) is 17.4. The lowest BCUT2D eigenvalue weighted by atomic mass is 9.80. The second-order valence-electron chi connectivity index (χ2n) is 6.92. The molecule has 1 saturated carbocycles. The molecule has 0 bridgehead atoms. The lowest BCUT2D eigenvalue weighted by Gasteiger charge is -2.48. The minimum Gasteiger partial charge on any atom is -0.379 e. The van der Waals surface area contributed by atoms with Gasteiger partial charge in [0.2, 0.25) is 0 Å². The van der Waals surface area contributed by atoms with E-state index in [1.54, 1.807) is 6.26 Å². The van der Waals surface area contributed by atoms with Crippen molar-refractivity contribution in [3.8, 4) is 0 Å². The van der Waals surface area contributed by atoms with Crippen LogP contribution in [0.15, 0.2) is 21.8 Å². The van der Waals surface area contributed by atoms with Gasteiger partial charge in [-0.05, 0) is 19.8 Å². The van der Waals surface area contributed by atoms with E-state index in [1.165, 1.54) is 32.1 Å². The molecule has 2 aliphatic rings. The van der Waals surface area contributed by atoms with Crippen molar-refractivity contribution in [1.29, 1.82) is 0 Å². The highest BCUT2D eigenvalue weighted by molar-refractivity contribution is 14.0. The van der Waals surface area contributed by atoms with Crippen molar-refractivity contribution >= 4 is 29.9 Å². The highest BCUT2D eigenvalue weighted by atomic mass is 127. The predicted octanol–water partition coefficient (Wildman–Crippen LogP) is 2.38. The average Bonchev–Trinajstić information content (AvgIpc) is 3.19. The fourth-order valence-electron chi connectivity index (χ4n) is 3.92. The van der Waals surface area contributed by atoms with E-state index in [4.69, 9.17) is 9.26 Å². The SMILES string of the molecule is CCNC(=NCc1ccon1)NCC1(N2CCOCC2)CCCCC1.I. The van der Waals surface area contributed by atoms with Crippen LogP contribution in [0.2, 0.25) is 0 Å². The second kappa shape index (κ2) is 11.1. The molecule has 2 N–H and O–H groups in total. The Kier molecular flexibility index (Phi) is 9.13. The van der Waals surface area contributed by atoms with Crippen molar-refractivity contribution in [1.82, 2.24) is 20.7 Å². The van der Waals surface area contributed by atoms with E-state index in [9.17, 15) is 0 Å². The molecule has 1 saturated heterocycles. The molecule has 8 heteroatoms. The van der Waals surface area contributed by atoms with Crippen molar-refractivity contribution in [3.63, 3.8) is 0 Å². The molecule has 26 heavy (non-hydrogen) atoms. The normalized spacial score (nSPS) is 21.0. The zero-order valence-corrected chi connectivity index (χ0v) is 18.0. The van der Waals surface area contributed by atoms with Crippen molar-refractivity contribution in [2.24, 2.45) is 4.99 Å². The molecule has 0 amide bonds. The van der Waals surface area contributed by atoms with E-state index in [0.717, 1.165) is 51.0 Å². The number of nitrogens with zero attached hydrogens (tertiary/aromatic N) is 3. The molecule has 1 aromatic heterocycles. The van der Waals surface area contributed by atoms with Crippen LogP contribution in [0.25, 0.3) is 0 Å².